The molecule has 0 saturated heterocycles. The van der Waals surface area contributed by atoms with E-state index in [1.54, 1.807) is 6.92 Å². The Bertz CT molecular complexity index is 929. The number of alkyl carbamates (subject to hydrolysis) is 1. The summed E-state index contributed by atoms with van der Waals surface area (Å²) in [4.78, 5) is 35.3. The number of hydrogen-bond donors (Lipinski definition) is 3. The first kappa shape index (κ1) is 23.3. The molecule has 0 heterocycles. The summed E-state index contributed by atoms with van der Waals surface area (Å²) in [6.07, 6.45) is 0.353. The maximum Gasteiger partial charge on any atom is 0.407 e. The second-order valence-electron chi connectivity index (χ2n) is 8.15. The molecule has 0 bridgehead atoms. The number of benzene rings is 2. The Morgan fingerprint density at radius 1 is 1.03 bits per heavy atom. The smallest absolute Gasteiger partial charge is 0.407 e. The fourth-order valence-corrected chi connectivity index (χ4v) is 4.02. The van der Waals surface area contributed by atoms with Gasteiger partial charge in [-0.05, 0) is 35.1 Å². The van der Waals surface area contributed by atoms with Gasteiger partial charge in [0.15, 0.2) is 0 Å². The minimum Gasteiger partial charge on any atom is -0.481 e. The van der Waals surface area contributed by atoms with E-state index < -0.39 is 18.1 Å². The van der Waals surface area contributed by atoms with Crippen LogP contribution in [0.25, 0.3) is 11.1 Å². The first-order valence-electron chi connectivity index (χ1n) is 11.0. The van der Waals surface area contributed by atoms with Crippen molar-refractivity contribution in [3.8, 4) is 11.1 Å². The molecular formula is C25H30N2O5. The third kappa shape index (κ3) is 5.66. The predicted octanol–water partition coefficient (Wildman–Crippen LogP) is 3.92. The van der Waals surface area contributed by atoms with E-state index in [0.717, 1.165) is 11.1 Å². The van der Waals surface area contributed by atoms with Gasteiger partial charge in [-0.3, -0.25) is 9.59 Å². The number of nitrogens with one attached hydrogen (secondary N) is 2. The van der Waals surface area contributed by atoms with Crippen molar-refractivity contribution < 1.29 is 24.2 Å². The van der Waals surface area contributed by atoms with Crippen molar-refractivity contribution in [3.63, 3.8) is 0 Å². The molecule has 7 nitrogen and oxygen atoms in total. The van der Waals surface area contributed by atoms with Gasteiger partial charge in [-0.1, -0.05) is 62.4 Å². The molecule has 1 aliphatic carbocycles. The van der Waals surface area contributed by atoms with Crippen LogP contribution in [0.15, 0.2) is 48.5 Å². The summed E-state index contributed by atoms with van der Waals surface area (Å²) < 4.78 is 5.49. The van der Waals surface area contributed by atoms with Crippen LogP contribution in [0.5, 0.6) is 0 Å². The molecule has 170 valence electrons. The second kappa shape index (κ2) is 10.8. The highest BCUT2D eigenvalue weighted by Crippen LogP contribution is 2.44. The van der Waals surface area contributed by atoms with Crippen molar-refractivity contribution in [2.45, 2.75) is 45.1 Å². The minimum atomic E-state index is -0.943. The summed E-state index contributed by atoms with van der Waals surface area (Å²) in [5.41, 5.74) is 4.65. The molecular weight excluding hydrogens is 408 g/mol. The van der Waals surface area contributed by atoms with Gasteiger partial charge in [0.05, 0.1) is 6.42 Å². The van der Waals surface area contributed by atoms with Gasteiger partial charge in [-0.2, -0.15) is 0 Å². The Morgan fingerprint density at radius 2 is 1.62 bits per heavy atom. The number of fused-ring (bicyclic) bond motifs is 3. The van der Waals surface area contributed by atoms with E-state index in [-0.39, 0.29) is 30.8 Å². The van der Waals surface area contributed by atoms with Crippen LogP contribution in [0.1, 0.15) is 50.2 Å². The third-order valence-electron chi connectivity index (χ3n) is 5.90. The van der Waals surface area contributed by atoms with E-state index in [1.165, 1.54) is 11.1 Å². The molecule has 2 atom stereocenters. The van der Waals surface area contributed by atoms with Crippen molar-refractivity contribution in [2.24, 2.45) is 5.92 Å². The number of carbonyl (C=O) groups is 3. The van der Waals surface area contributed by atoms with Gasteiger partial charge in [0.1, 0.15) is 6.61 Å². The Hall–Kier alpha value is -3.35. The molecule has 3 rings (SSSR count). The van der Waals surface area contributed by atoms with Crippen molar-refractivity contribution in [3.05, 3.63) is 59.7 Å². The summed E-state index contributed by atoms with van der Waals surface area (Å²) in [7, 11) is 0. The molecule has 2 amide bonds. The Labute approximate surface area is 188 Å². The van der Waals surface area contributed by atoms with Crippen molar-refractivity contribution in [2.75, 3.05) is 13.2 Å². The molecule has 0 aromatic heterocycles. The average Bonchev–Trinajstić information content (AvgIpc) is 3.10. The number of rotatable bonds is 10. The second-order valence-corrected chi connectivity index (χ2v) is 8.15. The van der Waals surface area contributed by atoms with Gasteiger partial charge in [0, 0.05) is 24.4 Å². The van der Waals surface area contributed by atoms with Gasteiger partial charge in [0.25, 0.3) is 0 Å². The van der Waals surface area contributed by atoms with E-state index in [1.807, 2.05) is 31.2 Å². The molecule has 0 spiro atoms. The maximum absolute atomic E-state index is 12.3. The molecule has 0 aliphatic heterocycles. The van der Waals surface area contributed by atoms with Crippen LogP contribution in [0.4, 0.5) is 4.79 Å². The topological polar surface area (TPSA) is 105 Å². The lowest BCUT2D eigenvalue weighted by molar-refractivity contribution is -0.137. The molecule has 0 radical (unpaired) electrons. The molecule has 2 aromatic rings. The molecule has 0 saturated carbocycles. The van der Waals surface area contributed by atoms with Gasteiger partial charge in [-0.25, -0.2) is 4.79 Å². The predicted molar refractivity (Wildman–Crippen MR) is 121 cm³/mol. The standard InChI is InChI=1S/C25H30N2O5/c1-3-17(14-23(28)29)27-24(30)16(2)12-13-26-25(31)32-15-22-20-10-6-4-8-18(20)19-9-5-7-11-21(19)22/h4-11,16-17,22H,3,12-15H2,1-2H3,(H,26,31)(H,27,30)(H,28,29)/t16?,17-/m0/s1. The van der Waals surface area contributed by atoms with E-state index in [9.17, 15) is 14.4 Å². The fraction of sp³-hybridized carbons (Fsp3) is 0.400. The highest BCUT2D eigenvalue weighted by molar-refractivity contribution is 5.80. The molecule has 3 N–H and O–H groups in total. The van der Waals surface area contributed by atoms with Crippen LogP contribution in [0.2, 0.25) is 0 Å². The zero-order valence-corrected chi connectivity index (χ0v) is 18.5. The van der Waals surface area contributed by atoms with E-state index >= 15 is 0 Å². The van der Waals surface area contributed by atoms with Crippen molar-refractivity contribution >= 4 is 18.0 Å². The number of carbonyl (C=O) groups excluding carboxylic acids is 2. The maximum atomic E-state index is 12.3. The SMILES string of the molecule is CC[C@@H](CC(=O)O)NC(=O)C(C)CCNC(=O)OCC1c2ccccc2-c2ccccc21. The van der Waals surface area contributed by atoms with E-state index in [0.29, 0.717) is 19.4 Å². The third-order valence-corrected chi connectivity index (χ3v) is 5.90. The molecule has 32 heavy (non-hydrogen) atoms. The first-order chi connectivity index (χ1) is 15.4. The van der Waals surface area contributed by atoms with E-state index in [4.69, 9.17) is 9.84 Å². The number of aliphatic carboxylic acids is 1. The molecule has 1 unspecified atom stereocenters. The first-order valence-corrected chi connectivity index (χ1v) is 11.0. The Kier molecular flexibility index (Phi) is 7.87. The number of ether oxygens (including phenoxy) is 1. The Balaban J connectivity index is 1.45. The average molecular weight is 439 g/mol. The summed E-state index contributed by atoms with van der Waals surface area (Å²) in [6.45, 7) is 4.11. The van der Waals surface area contributed by atoms with Crippen LogP contribution in [0, 0.1) is 5.92 Å². The lowest BCUT2D eigenvalue weighted by atomic mass is 9.98. The van der Waals surface area contributed by atoms with Gasteiger partial charge < -0.3 is 20.5 Å². The zero-order valence-electron chi connectivity index (χ0n) is 18.5. The lowest BCUT2D eigenvalue weighted by Gasteiger charge is -2.19. The minimum absolute atomic E-state index is 0.00179. The van der Waals surface area contributed by atoms with Crippen LogP contribution >= 0.6 is 0 Å². The number of carboxylic acid groups (broad SMARTS) is 1. The van der Waals surface area contributed by atoms with E-state index in [2.05, 4.69) is 34.9 Å². The molecule has 7 heteroatoms. The molecule has 0 fully saturated rings. The quantitative estimate of drug-likeness (QED) is 0.521. The van der Waals surface area contributed by atoms with Crippen molar-refractivity contribution in [1.82, 2.24) is 10.6 Å². The number of carboxylic acids is 1. The summed E-state index contributed by atoms with van der Waals surface area (Å²) >= 11 is 0. The lowest BCUT2D eigenvalue weighted by Crippen LogP contribution is -2.40. The monoisotopic (exact) mass is 438 g/mol. The summed E-state index contributed by atoms with van der Waals surface area (Å²) in [5, 5.41) is 14.4. The van der Waals surface area contributed by atoms with Crippen LogP contribution in [-0.2, 0) is 14.3 Å². The number of hydrogen-bond acceptors (Lipinski definition) is 4. The van der Waals surface area contributed by atoms with Crippen LogP contribution in [0.3, 0.4) is 0 Å². The summed E-state index contributed by atoms with van der Waals surface area (Å²) in [6, 6.07) is 15.9. The Morgan fingerprint density at radius 3 is 2.19 bits per heavy atom. The summed E-state index contributed by atoms with van der Waals surface area (Å²) in [5.74, 6) is -1.51. The highest BCUT2D eigenvalue weighted by atomic mass is 16.5. The van der Waals surface area contributed by atoms with Crippen LogP contribution in [-0.4, -0.2) is 42.3 Å². The van der Waals surface area contributed by atoms with Gasteiger partial charge >= 0.3 is 12.1 Å². The fourth-order valence-electron chi connectivity index (χ4n) is 4.02. The van der Waals surface area contributed by atoms with Crippen molar-refractivity contribution in [1.29, 1.82) is 0 Å². The normalized spacial score (nSPS) is 14.1. The highest BCUT2D eigenvalue weighted by Gasteiger charge is 2.29. The molecule has 1 aliphatic rings. The van der Waals surface area contributed by atoms with Gasteiger partial charge in [-0.15, -0.1) is 0 Å². The molecule has 2 aromatic carbocycles. The zero-order chi connectivity index (χ0) is 23.1. The van der Waals surface area contributed by atoms with Gasteiger partial charge in [0.2, 0.25) is 5.91 Å². The van der Waals surface area contributed by atoms with Crippen LogP contribution < -0.4 is 10.6 Å². The largest absolute Gasteiger partial charge is 0.481 e. The number of amides is 2.